The monoisotopic (exact) mass is 133 g/mol. The zero-order chi connectivity index (χ0) is 7.11. The summed E-state index contributed by atoms with van der Waals surface area (Å²) in [6.07, 6.45) is 0. The molecule has 0 aromatic heterocycles. The lowest BCUT2D eigenvalue weighted by molar-refractivity contribution is 0.0653. The molecule has 56 valence electrons. The molecule has 0 rings (SSSR count). The van der Waals surface area contributed by atoms with Crippen LogP contribution in [0.15, 0.2) is 0 Å². The van der Waals surface area contributed by atoms with Gasteiger partial charge in [0.15, 0.2) is 0 Å². The minimum atomic E-state index is 0.509. The molecule has 1 atom stereocenters. The summed E-state index contributed by atoms with van der Waals surface area (Å²) in [5.74, 6) is 0.509. The van der Waals surface area contributed by atoms with Crippen LogP contribution in [0.25, 0.3) is 0 Å². The molecule has 1 N–H and O–H groups in total. The van der Waals surface area contributed by atoms with Crippen molar-refractivity contribution in [2.75, 3.05) is 27.4 Å². The Hall–Kier alpha value is -0.120. The minimum Gasteiger partial charge on any atom is -0.384 e. The molecule has 0 fully saturated rings. The normalized spacial score (nSPS) is 13.7. The van der Waals surface area contributed by atoms with E-state index >= 15 is 0 Å². The molecular weight excluding hydrogens is 118 g/mol. The molecule has 0 amide bonds. The summed E-state index contributed by atoms with van der Waals surface area (Å²) in [4.78, 5) is 4.65. The van der Waals surface area contributed by atoms with Gasteiger partial charge >= 0.3 is 0 Å². The van der Waals surface area contributed by atoms with Gasteiger partial charge in [-0.25, -0.2) is 5.48 Å². The number of hydrogen-bond acceptors (Lipinski definition) is 3. The molecule has 0 bridgehead atoms. The van der Waals surface area contributed by atoms with Gasteiger partial charge in [-0.1, -0.05) is 6.92 Å². The van der Waals surface area contributed by atoms with Crippen LogP contribution in [0.1, 0.15) is 6.92 Å². The highest BCUT2D eigenvalue weighted by molar-refractivity contribution is 4.49. The Labute approximate surface area is 56.3 Å². The molecule has 3 heteroatoms. The van der Waals surface area contributed by atoms with Gasteiger partial charge in [-0.15, -0.1) is 0 Å². The second-order valence-electron chi connectivity index (χ2n) is 2.11. The van der Waals surface area contributed by atoms with E-state index < -0.39 is 0 Å². The van der Waals surface area contributed by atoms with Crippen molar-refractivity contribution in [1.82, 2.24) is 5.48 Å². The lowest BCUT2D eigenvalue weighted by atomic mass is 10.2. The summed E-state index contributed by atoms with van der Waals surface area (Å²) in [5, 5.41) is 0. The zero-order valence-electron chi connectivity index (χ0n) is 6.31. The van der Waals surface area contributed by atoms with Crippen molar-refractivity contribution in [3.05, 3.63) is 0 Å². The van der Waals surface area contributed by atoms with Crippen molar-refractivity contribution in [3.8, 4) is 0 Å². The number of methoxy groups -OCH3 is 1. The van der Waals surface area contributed by atoms with Crippen LogP contribution in [-0.4, -0.2) is 27.4 Å². The maximum Gasteiger partial charge on any atom is 0.0572 e. The Bertz CT molecular complexity index is 59.0. The largest absolute Gasteiger partial charge is 0.384 e. The van der Waals surface area contributed by atoms with Crippen LogP contribution in [0.2, 0.25) is 0 Å². The first-order valence-corrected chi connectivity index (χ1v) is 3.06. The van der Waals surface area contributed by atoms with E-state index in [2.05, 4.69) is 17.2 Å². The molecule has 9 heavy (non-hydrogen) atoms. The molecule has 0 spiro atoms. The average Bonchev–Trinajstić information content (AvgIpc) is 1.85. The molecule has 0 aromatic carbocycles. The average molecular weight is 133 g/mol. The second kappa shape index (κ2) is 6.01. The van der Waals surface area contributed by atoms with Crippen LogP contribution >= 0.6 is 0 Å². The molecule has 0 heterocycles. The van der Waals surface area contributed by atoms with Gasteiger partial charge in [0.25, 0.3) is 0 Å². The topological polar surface area (TPSA) is 30.5 Å². The van der Waals surface area contributed by atoms with Crippen molar-refractivity contribution in [1.29, 1.82) is 0 Å². The molecule has 0 aliphatic rings. The summed E-state index contributed by atoms with van der Waals surface area (Å²) >= 11 is 0. The third-order valence-electron chi connectivity index (χ3n) is 1.03. The second-order valence-corrected chi connectivity index (χ2v) is 2.11. The van der Waals surface area contributed by atoms with Crippen molar-refractivity contribution in [2.45, 2.75) is 6.92 Å². The molecule has 0 radical (unpaired) electrons. The minimum absolute atomic E-state index is 0.509. The first-order chi connectivity index (χ1) is 4.31. The lowest BCUT2D eigenvalue weighted by Gasteiger charge is -2.08. The molecule has 0 aliphatic carbocycles. The standard InChI is InChI=1S/C6H15NO2/c1-6(5-8-2)4-7-9-3/h6-7H,4-5H2,1-3H3. The highest BCUT2D eigenvalue weighted by Gasteiger charge is 1.97. The number of rotatable bonds is 5. The molecule has 0 aromatic rings. The van der Waals surface area contributed by atoms with Gasteiger partial charge in [0.05, 0.1) is 13.7 Å². The number of ether oxygens (including phenoxy) is 1. The van der Waals surface area contributed by atoms with Crippen LogP contribution in [0.3, 0.4) is 0 Å². The molecule has 1 unspecified atom stereocenters. The predicted molar refractivity (Wildman–Crippen MR) is 36.1 cm³/mol. The van der Waals surface area contributed by atoms with Gasteiger partial charge in [-0.05, 0) is 5.92 Å². The third kappa shape index (κ3) is 5.76. The van der Waals surface area contributed by atoms with Crippen molar-refractivity contribution >= 4 is 0 Å². The van der Waals surface area contributed by atoms with Gasteiger partial charge < -0.3 is 9.57 Å². The zero-order valence-corrected chi connectivity index (χ0v) is 6.31. The van der Waals surface area contributed by atoms with Gasteiger partial charge in [-0.3, -0.25) is 0 Å². The van der Waals surface area contributed by atoms with E-state index in [1.165, 1.54) is 0 Å². The Morgan fingerprint density at radius 3 is 2.56 bits per heavy atom. The van der Waals surface area contributed by atoms with Gasteiger partial charge in [0, 0.05) is 13.7 Å². The highest BCUT2D eigenvalue weighted by atomic mass is 16.6. The van der Waals surface area contributed by atoms with E-state index in [4.69, 9.17) is 4.74 Å². The van der Waals surface area contributed by atoms with Gasteiger partial charge in [-0.2, -0.15) is 0 Å². The van der Waals surface area contributed by atoms with E-state index in [9.17, 15) is 0 Å². The van der Waals surface area contributed by atoms with Crippen molar-refractivity contribution in [3.63, 3.8) is 0 Å². The summed E-state index contributed by atoms with van der Waals surface area (Å²) in [6, 6.07) is 0. The number of nitrogens with one attached hydrogen (secondary N) is 1. The van der Waals surface area contributed by atoms with E-state index in [1.54, 1.807) is 14.2 Å². The molecule has 0 saturated heterocycles. The summed E-state index contributed by atoms with van der Waals surface area (Å²) in [7, 11) is 3.31. The third-order valence-corrected chi connectivity index (χ3v) is 1.03. The summed E-state index contributed by atoms with van der Waals surface area (Å²) in [5.41, 5.74) is 2.75. The lowest BCUT2D eigenvalue weighted by Crippen LogP contribution is -2.22. The fraction of sp³-hybridized carbons (Fsp3) is 1.00. The maximum absolute atomic E-state index is 4.91. The Balaban J connectivity index is 2.95. The van der Waals surface area contributed by atoms with Crippen LogP contribution < -0.4 is 5.48 Å². The fourth-order valence-electron chi connectivity index (χ4n) is 0.569. The summed E-state index contributed by atoms with van der Waals surface area (Å²) in [6.45, 7) is 3.70. The quantitative estimate of drug-likeness (QED) is 0.551. The van der Waals surface area contributed by atoms with Crippen LogP contribution in [0, 0.1) is 5.92 Å². The smallest absolute Gasteiger partial charge is 0.0572 e. The molecule has 0 saturated carbocycles. The number of hydrogen-bond donors (Lipinski definition) is 1. The van der Waals surface area contributed by atoms with E-state index in [-0.39, 0.29) is 0 Å². The van der Waals surface area contributed by atoms with Gasteiger partial charge in [0.1, 0.15) is 0 Å². The SMILES string of the molecule is COCC(C)CNOC. The van der Waals surface area contributed by atoms with E-state index in [0.717, 1.165) is 13.2 Å². The summed E-state index contributed by atoms with van der Waals surface area (Å²) < 4.78 is 4.91. The Morgan fingerprint density at radius 2 is 2.11 bits per heavy atom. The first kappa shape index (κ1) is 8.88. The number of hydroxylamine groups is 1. The van der Waals surface area contributed by atoms with E-state index in [1.807, 2.05) is 0 Å². The van der Waals surface area contributed by atoms with Gasteiger partial charge in [0.2, 0.25) is 0 Å². The van der Waals surface area contributed by atoms with Crippen LogP contribution in [0.5, 0.6) is 0 Å². The first-order valence-electron chi connectivity index (χ1n) is 3.06. The van der Waals surface area contributed by atoms with Crippen LogP contribution in [0.4, 0.5) is 0 Å². The van der Waals surface area contributed by atoms with Crippen molar-refractivity contribution in [2.24, 2.45) is 5.92 Å². The van der Waals surface area contributed by atoms with E-state index in [0.29, 0.717) is 5.92 Å². The predicted octanol–water partition coefficient (Wildman–Crippen LogP) is 0.420. The fourth-order valence-corrected chi connectivity index (χ4v) is 0.569. The highest BCUT2D eigenvalue weighted by Crippen LogP contribution is 1.90. The molecular formula is C6H15NO2. The Morgan fingerprint density at radius 1 is 1.44 bits per heavy atom. The van der Waals surface area contributed by atoms with Crippen LogP contribution in [-0.2, 0) is 9.57 Å². The molecule has 3 nitrogen and oxygen atoms in total. The Kier molecular flexibility index (Phi) is 5.93. The van der Waals surface area contributed by atoms with Crippen molar-refractivity contribution < 1.29 is 9.57 Å². The molecule has 0 aliphatic heterocycles. The maximum atomic E-state index is 4.91.